The van der Waals surface area contributed by atoms with Gasteiger partial charge in [-0.2, -0.15) is 0 Å². The first-order valence-electron chi connectivity index (χ1n) is 7.21. The second-order valence-electron chi connectivity index (χ2n) is 4.67. The highest BCUT2D eigenvalue weighted by Gasteiger charge is 2.17. The number of carboxylic acid groups (broad SMARTS) is 1. The maximum atomic E-state index is 11.0. The van der Waals surface area contributed by atoms with E-state index in [-0.39, 0.29) is 5.69 Å². The Morgan fingerprint density at radius 1 is 1.20 bits per heavy atom. The zero-order valence-corrected chi connectivity index (χ0v) is 13.7. The van der Waals surface area contributed by atoms with Crippen LogP contribution in [0.25, 0.3) is 0 Å². The van der Waals surface area contributed by atoms with Gasteiger partial charge in [-0.05, 0) is 39.9 Å². The van der Waals surface area contributed by atoms with E-state index in [0.29, 0.717) is 0 Å². The van der Waals surface area contributed by atoms with Crippen LogP contribution in [0.5, 0.6) is 0 Å². The van der Waals surface area contributed by atoms with Crippen LogP contribution in [-0.4, -0.2) is 53.7 Å². The third-order valence-corrected chi connectivity index (χ3v) is 4.47. The number of rotatable bonds is 9. The van der Waals surface area contributed by atoms with E-state index in [1.54, 1.807) is 0 Å². The van der Waals surface area contributed by atoms with E-state index < -0.39 is 5.97 Å². The Hall–Kier alpha value is -1.14. The molecule has 6 heteroatoms. The number of carboxylic acids is 1. The zero-order valence-electron chi connectivity index (χ0n) is 12.8. The average Bonchev–Trinajstić information content (AvgIpc) is 2.81. The van der Waals surface area contributed by atoms with E-state index in [9.17, 15) is 4.79 Å². The molecular formula is C14H25N3O2S. The summed E-state index contributed by atoms with van der Waals surface area (Å²) in [4.78, 5) is 20.6. The number of thiazole rings is 1. The topological polar surface area (TPSA) is 56.7 Å². The third-order valence-electron chi connectivity index (χ3n) is 3.44. The van der Waals surface area contributed by atoms with Crippen molar-refractivity contribution >= 4 is 22.4 Å². The van der Waals surface area contributed by atoms with Crippen LogP contribution in [0.3, 0.4) is 0 Å². The summed E-state index contributed by atoms with van der Waals surface area (Å²) in [7, 11) is 0. The highest BCUT2D eigenvalue weighted by Crippen LogP contribution is 2.25. The van der Waals surface area contributed by atoms with E-state index in [4.69, 9.17) is 5.11 Å². The van der Waals surface area contributed by atoms with E-state index in [0.717, 1.165) is 49.2 Å². The van der Waals surface area contributed by atoms with Crippen molar-refractivity contribution in [3.05, 3.63) is 10.6 Å². The van der Waals surface area contributed by atoms with Crippen LogP contribution in [0.1, 0.15) is 42.6 Å². The van der Waals surface area contributed by atoms with Gasteiger partial charge in [-0.3, -0.25) is 0 Å². The molecule has 0 radical (unpaired) electrons. The Morgan fingerprint density at radius 3 is 2.30 bits per heavy atom. The van der Waals surface area contributed by atoms with Gasteiger partial charge in [0.05, 0.1) is 0 Å². The first kappa shape index (κ1) is 16.9. The molecule has 0 aliphatic carbocycles. The summed E-state index contributed by atoms with van der Waals surface area (Å²) < 4.78 is 0. The summed E-state index contributed by atoms with van der Waals surface area (Å²) in [6.45, 7) is 13.2. The number of anilines is 1. The average molecular weight is 299 g/mol. The summed E-state index contributed by atoms with van der Waals surface area (Å²) in [6, 6.07) is 0. The lowest BCUT2D eigenvalue weighted by Gasteiger charge is -2.23. The highest BCUT2D eigenvalue weighted by molar-refractivity contribution is 7.15. The van der Waals surface area contributed by atoms with E-state index >= 15 is 0 Å². The summed E-state index contributed by atoms with van der Waals surface area (Å²) >= 11 is 1.47. The number of hydrogen-bond donors (Lipinski definition) is 1. The Bertz CT molecular complexity index is 430. The lowest BCUT2D eigenvalue weighted by molar-refractivity contribution is 0.0690. The van der Waals surface area contributed by atoms with Gasteiger partial charge in [-0.25, -0.2) is 9.78 Å². The number of aromatic nitrogens is 1. The Balaban J connectivity index is 2.62. The molecule has 114 valence electrons. The number of aromatic carboxylic acids is 1. The molecule has 0 bridgehead atoms. The van der Waals surface area contributed by atoms with Gasteiger partial charge in [0.2, 0.25) is 0 Å². The standard InChI is InChI=1S/C14H25N3O2S/c1-5-16(6-2)9-8-10-17(7-3)14-15-12(13(18)19)11(4)20-14/h5-10H2,1-4H3,(H,18,19). The van der Waals surface area contributed by atoms with Crippen molar-refractivity contribution < 1.29 is 9.90 Å². The van der Waals surface area contributed by atoms with Crippen molar-refractivity contribution in [1.29, 1.82) is 0 Å². The van der Waals surface area contributed by atoms with Gasteiger partial charge in [0, 0.05) is 18.0 Å². The molecule has 0 saturated heterocycles. The van der Waals surface area contributed by atoms with E-state index in [2.05, 4.69) is 35.6 Å². The maximum Gasteiger partial charge on any atom is 0.355 e. The second kappa shape index (κ2) is 8.21. The Morgan fingerprint density at radius 2 is 1.85 bits per heavy atom. The van der Waals surface area contributed by atoms with Gasteiger partial charge < -0.3 is 14.9 Å². The molecule has 0 unspecified atom stereocenters. The Kier molecular flexibility index (Phi) is 6.95. The van der Waals surface area contributed by atoms with Gasteiger partial charge >= 0.3 is 5.97 Å². The lowest BCUT2D eigenvalue weighted by atomic mass is 10.3. The molecule has 0 aliphatic heterocycles. The SMILES string of the molecule is CCN(CC)CCCN(CC)c1nc(C(=O)O)c(C)s1. The maximum absolute atomic E-state index is 11.0. The summed E-state index contributed by atoms with van der Waals surface area (Å²) in [5.74, 6) is -0.941. The van der Waals surface area contributed by atoms with Crippen LogP contribution in [0, 0.1) is 6.92 Å². The minimum Gasteiger partial charge on any atom is -0.476 e. The predicted molar refractivity (Wildman–Crippen MR) is 84.1 cm³/mol. The molecule has 0 amide bonds. The molecular weight excluding hydrogens is 274 g/mol. The molecule has 1 heterocycles. The monoisotopic (exact) mass is 299 g/mol. The lowest BCUT2D eigenvalue weighted by Crippen LogP contribution is -2.30. The summed E-state index contributed by atoms with van der Waals surface area (Å²) in [5, 5.41) is 9.89. The Labute approximate surface area is 125 Å². The van der Waals surface area contributed by atoms with E-state index in [1.807, 2.05) is 6.92 Å². The van der Waals surface area contributed by atoms with Crippen molar-refractivity contribution in [3.8, 4) is 0 Å². The van der Waals surface area contributed by atoms with Crippen LogP contribution in [0.4, 0.5) is 5.13 Å². The molecule has 0 atom stereocenters. The molecule has 1 rings (SSSR count). The predicted octanol–water partition coefficient (Wildman–Crippen LogP) is 2.71. The quantitative estimate of drug-likeness (QED) is 0.760. The van der Waals surface area contributed by atoms with E-state index in [1.165, 1.54) is 11.3 Å². The molecule has 0 spiro atoms. The first-order valence-corrected chi connectivity index (χ1v) is 8.03. The smallest absolute Gasteiger partial charge is 0.355 e. The summed E-state index contributed by atoms with van der Waals surface area (Å²) in [5.41, 5.74) is 0.187. The number of aryl methyl sites for hydroxylation is 1. The minimum atomic E-state index is -0.941. The first-order chi connectivity index (χ1) is 9.53. The molecule has 1 aromatic rings. The number of carbonyl (C=O) groups is 1. The molecule has 1 aromatic heterocycles. The summed E-state index contributed by atoms with van der Waals surface area (Å²) in [6.07, 6.45) is 1.07. The van der Waals surface area contributed by atoms with Gasteiger partial charge in [0.1, 0.15) is 0 Å². The molecule has 20 heavy (non-hydrogen) atoms. The number of nitrogens with zero attached hydrogens (tertiary/aromatic N) is 3. The molecule has 0 aliphatic rings. The van der Waals surface area contributed by atoms with Crippen LogP contribution >= 0.6 is 11.3 Å². The van der Waals surface area contributed by atoms with Crippen molar-refractivity contribution in [2.75, 3.05) is 37.6 Å². The molecule has 0 fully saturated rings. The van der Waals surface area contributed by atoms with Crippen molar-refractivity contribution in [2.24, 2.45) is 0 Å². The van der Waals surface area contributed by atoms with Gasteiger partial charge in [-0.15, -0.1) is 11.3 Å². The van der Waals surface area contributed by atoms with Crippen LogP contribution in [-0.2, 0) is 0 Å². The van der Waals surface area contributed by atoms with Gasteiger partial charge in [-0.1, -0.05) is 13.8 Å². The van der Waals surface area contributed by atoms with Crippen molar-refractivity contribution in [3.63, 3.8) is 0 Å². The molecule has 0 aromatic carbocycles. The van der Waals surface area contributed by atoms with Gasteiger partial charge in [0.15, 0.2) is 10.8 Å². The molecule has 0 saturated carbocycles. The van der Waals surface area contributed by atoms with Crippen molar-refractivity contribution in [2.45, 2.75) is 34.1 Å². The fourth-order valence-electron chi connectivity index (χ4n) is 2.13. The highest BCUT2D eigenvalue weighted by atomic mass is 32.1. The third kappa shape index (κ3) is 4.45. The molecule has 5 nitrogen and oxygen atoms in total. The fourth-order valence-corrected chi connectivity index (χ4v) is 3.12. The minimum absolute atomic E-state index is 0.187. The number of hydrogen-bond acceptors (Lipinski definition) is 5. The van der Waals surface area contributed by atoms with Crippen LogP contribution in [0.2, 0.25) is 0 Å². The van der Waals surface area contributed by atoms with Crippen LogP contribution in [0.15, 0.2) is 0 Å². The largest absolute Gasteiger partial charge is 0.476 e. The van der Waals surface area contributed by atoms with Crippen molar-refractivity contribution in [1.82, 2.24) is 9.88 Å². The fraction of sp³-hybridized carbons (Fsp3) is 0.714. The zero-order chi connectivity index (χ0) is 15.1. The second-order valence-corrected chi connectivity index (χ2v) is 5.85. The normalized spacial score (nSPS) is 11.1. The molecule has 1 N–H and O–H groups in total. The van der Waals surface area contributed by atoms with Crippen LogP contribution < -0.4 is 4.90 Å². The van der Waals surface area contributed by atoms with Gasteiger partial charge in [0.25, 0.3) is 0 Å².